The van der Waals surface area contributed by atoms with Crippen molar-refractivity contribution < 1.29 is 14.3 Å². The van der Waals surface area contributed by atoms with Crippen LogP contribution in [0.25, 0.3) is 0 Å². The predicted molar refractivity (Wildman–Crippen MR) is 92.2 cm³/mol. The van der Waals surface area contributed by atoms with Gasteiger partial charge in [0, 0.05) is 17.9 Å². The van der Waals surface area contributed by atoms with Gasteiger partial charge in [-0.3, -0.25) is 0 Å². The zero-order valence-corrected chi connectivity index (χ0v) is 14.9. The average molecular weight is 321 g/mol. The van der Waals surface area contributed by atoms with E-state index >= 15 is 0 Å². The molecule has 1 heterocycles. The van der Waals surface area contributed by atoms with Crippen LogP contribution in [0.3, 0.4) is 0 Å². The van der Waals surface area contributed by atoms with Crippen molar-refractivity contribution >= 4 is 6.09 Å². The summed E-state index contributed by atoms with van der Waals surface area (Å²) in [7, 11) is 0. The molecular weight excluding hydrogens is 290 g/mol. The van der Waals surface area contributed by atoms with Gasteiger partial charge in [-0.15, -0.1) is 6.58 Å². The summed E-state index contributed by atoms with van der Waals surface area (Å²) < 4.78 is 11.6. The number of carbonyl (C=O) groups is 1. The van der Waals surface area contributed by atoms with Crippen LogP contribution in [0.4, 0.5) is 4.79 Å². The minimum absolute atomic E-state index is 0.0558. The molecule has 0 unspecified atom stereocenters. The number of amides is 1. The molecule has 2 aliphatic rings. The Labute approximate surface area is 140 Å². The first kappa shape index (κ1) is 18.1. The first-order valence-corrected chi connectivity index (χ1v) is 8.79. The highest BCUT2D eigenvalue weighted by atomic mass is 16.6. The number of unbranched alkanes of at least 4 members (excludes halogenated alkanes) is 1. The van der Waals surface area contributed by atoms with E-state index in [2.05, 4.69) is 45.7 Å². The highest BCUT2D eigenvalue weighted by Gasteiger charge is 2.53. The van der Waals surface area contributed by atoms with Crippen molar-refractivity contribution in [3.8, 4) is 0 Å². The number of hydrogen-bond donors (Lipinski definition) is 1. The molecule has 1 aliphatic carbocycles. The van der Waals surface area contributed by atoms with Crippen LogP contribution in [0.5, 0.6) is 0 Å². The molecule has 0 aromatic heterocycles. The van der Waals surface area contributed by atoms with Crippen molar-refractivity contribution in [3.63, 3.8) is 0 Å². The number of fused-ring (bicyclic) bond motifs is 2. The van der Waals surface area contributed by atoms with E-state index < -0.39 is 0 Å². The van der Waals surface area contributed by atoms with Gasteiger partial charge in [-0.05, 0) is 25.2 Å². The van der Waals surface area contributed by atoms with Gasteiger partial charge in [-0.25, -0.2) is 4.79 Å². The molecule has 1 amide bonds. The first-order valence-electron chi connectivity index (χ1n) is 8.79. The van der Waals surface area contributed by atoms with Gasteiger partial charge >= 0.3 is 6.09 Å². The maximum Gasteiger partial charge on any atom is 0.407 e. The van der Waals surface area contributed by atoms with Gasteiger partial charge in [0.2, 0.25) is 0 Å². The molecule has 1 aliphatic heterocycles. The van der Waals surface area contributed by atoms with E-state index in [4.69, 9.17) is 9.47 Å². The Kier molecular flexibility index (Phi) is 5.90. The van der Waals surface area contributed by atoms with E-state index in [0.29, 0.717) is 37.5 Å². The Morgan fingerprint density at radius 1 is 1.57 bits per heavy atom. The van der Waals surface area contributed by atoms with Gasteiger partial charge in [0.25, 0.3) is 0 Å². The number of carbonyl (C=O) groups excluding carboxylic acids is 1. The van der Waals surface area contributed by atoms with E-state index in [1.165, 1.54) is 5.57 Å². The Hall–Kier alpha value is -1.29. The highest BCUT2D eigenvalue weighted by Crippen LogP contribution is 2.52. The fourth-order valence-corrected chi connectivity index (χ4v) is 4.14. The van der Waals surface area contributed by atoms with Crippen LogP contribution in [0.2, 0.25) is 0 Å². The largest absolute Gasteiger partial charge is 0.449 e. The molecule has 2 bridgehead atoms. The number of ether oxygens (including phenoxy) is 2. The third-order valence-corrected chi connectivity index (χ3v) is 5.79. The van der Waals surface area contributed by atoms with Gasteiger partial charge in [0.05, 0.1) is 12.7 Å². The normalized spacial score (nSPS) is 36.1. The van der Waals surface area contributed by atoms with Crippen molar-refractivity contribution in [3.05, 3.63) is 24.3 Å². The van der Waals surface area contributed by atoms with E-state index in [-0.39, 0.29) is 17.6 Å². The van der Waals surface area contributed by atoms with E-state index in [1.807, 2.05) is 6.08 Å². The molecule has 1 N–H and O–H groups in total. The molecule has 130 valence electrons. The summed E-state index contributed by atoms with van der Waals surface area (Å²) in [6.45, 7) is 14.3. The van der Waals surface area contributed by atoms with Crippen molar-refractivity contribution in [2.24, 2.45) is 23.2 Å². The molecule has 0 spiro atoms. The lowest BCUT2D eigenvalue weighted by atomic mass is 9.56. The second-order valence-electron chi connectivity index (χ2n) is 7.11. The molecule has 4 heteroatoms. The zero-order valence-electron chi connectivity index (χ0n) is 14.9. The zero-order chi connectivity index (χ0) is 17.0. The molecule has 0 aromatic carbocycles. The Morgan fingerprint density at radius 3 is 2.96 bits per heavy atom. The summed E-state index contributed by atoms with van der Waals surface area (Å²) in [6, 6.07) is 0. The summed E-state index contributed by atoms with van der Waals surface area (Å²) >= 11 is 0. The quantitative estimate of drug-likeness (QED) is 0.595. The molecule has 0 saturated carbocycles. The third kappa shape index (κ3) is 3.47. The average Bonchev–Trinajstić information content (AvgIpc) is 2.52. The highest BCUT2D eigenvalue weighted by molar-refractivity contribution is 5.67. The lowest BCUT2D eigenvalue weighted by Crippen LogP contribution is -2.56. The Morgan fingerprint density at radius 2 is 2.30 bits per heavy atom. The summed E-state index contributed by atoms with van der Waals surface area (Å²) in [4.78, 5) is 11.9. The molecule has 1 fully saturated rings. The van der Waals surface area contributed by atoms with Crippen LogP contribution in [0.15, 0.2) is 24.3 Å². The summed E-state index contributed by atoms with van der Waals surface area (Å²) in [5.74, 6) is 1.04. The van der Waals surface area contributed by atoms with E-state index in [9.17, 15) is 4.79 Å². The van der Waals surface area contributed by atoms with Crippen LogP contribution in [0.1, 0.15) is 40.5 Å². The molecule has 5 atom stereocenters. The molecule has 0 radical (unpaired) electrons. The van der Waals surface area contributed by atoms with Gasteiger partial charge in [-0.1, -0.05) is 44.9 Å². The topological polar surface area (TPSA) is 47.6 Å². The minimum atomic E-state index is -0.319. The summed E-state index contributed by atoms with van der Waals surface area (Å²) in [5.41, 5.74) is 1.21. The van der Waals surface area contributed by atoms with E-state index in [1.54, 1.807) is 0 Å². The van der Waals surface area contributed by atoms with Crippen LogP contribution in [-0.4, -0.2) is 32.0 Å². The van der Waals surface area contributed by atoms with Crippen molar-refractivity contribution in [2.45, 2.75) is 46.6 Å². The number of rotatable bonds is 6. The lowest BCUT2D eigenvalue weighted by molar-refractivity contribution is -0.148. The second-order valence-corrected chi connectivity index (χ2v) is 7.11. The molecule has 2 rings (SSSR count). The lowest BCUT2D eigenvalue weighted by Gasteiger charge is -2.54. The number of nitrogens with one attached hydrogen (secondary N) is 1. The van der Waals surface area contributed by atoms with Crippen molar-refractivity contribution in [1.82, 2.24) is 5.32 Å². The van der Waals surface area contributed by atoms with E-state index in [0.717, 1.165) is 12.8 Å². The van der Waals surface area contributed by atoms with Crippen LogP contribution >= 0.6 is 0 Å². The SMILES string of the molecule is C=C[C@@H]1OC[C@@]2(COC(=O)NCCCC)[C@H](C)C=C(C)[C@H]1[C@H]2C. The minimum Gasteiger partial charge on any atom is -0.449 e. The Bertz CT molecular complexity index is 473. The summed E-state index contributed by atoms with van der Waals surface area (Å²) in [5, 5.41) is 2.82. The molecule has 4 nitrogen and oxygen atoms in total. The summed E-state index contributed by atoms with van der Waals surface area (Å²) in [6.07, 6.45) is 5.99. The molecular formula is C19H31NO3. The number of allylic oxidation sites excluding steroid dienone is 1. The smallest absolute Gasteiger partial charge is 0.407 e. The molecule has 0 aromatic rings. The van der Waals surface area contributed by atoms with Crippen LogP contribution in [0, 0.1) is 23.2 Å². The van der Waals surface area contributed by atoms with Crippen molar-refractivity contribution in [2.75, 3.05) is 19.8 Å². The fraction of sp³-hybridized carbons (Fsp3) is 0.737. The monoisotopic (exact) mass is 321 g/mol. The van der Waals surface area contributed by atoms with Crippen LogP contribution < -0.4 is 5.32 Å². The number of hydrogen-bond acceptors (Lipinski definition) is 3. The first-order chi connectivity index (χ1) is 11.0. The van der Waals surface area contributed by atoms with Crippen LogP contribution in [-0.2, 0) is 9.47 Å². The van der Waals surface area contributed by atoms with Gasteiger partial charge in [-0.2, -0.15) is 0 Å². The van der Waals surface area contributed by atoms with Gasteiger partial charge in [0.15, 0.2) is 0 Å². The maximum absolute atomic E-state index is 11.9. The molecule has 1 saturated heterocycles. The van der Waals surface area contributed by atoms with Gasteiger partial charge in [0.1, 0.15) is 6.61 Å². The van der Waals surface area contributed by atoms with Gasteiger partial charge < -0.3 is 14.8 Å². The second kappa shape index (κ2) is 7.52. The Balaban J connectivity index is 2.07. The number of alkyl carbamates (subject to hydrolysis) is 1. The maximum atomic E-state index is 11.9. The van der Waals surface area contributed by atoms with Crippen molar-refractivity contribution in [1.29, 1.82) is 0 Å². The molecule has 23 heavy (non-hydrogen) atoms. The standard InChI is InChI=1S/C19H31NO3/c1-6-8-9-20-18(21)23-12-19-11-22-16(7-2)17(15(19)5)13(3)10-14(19)4/h7,10,14-17H,2,6,8-9,11-12H2,1,3-5H3,(H,20,21)/t14-,15-,16+,17+,19-/m1/s1. The predicted octanol–water partition coefficient (Wildman–Crippen LogP) is 3.93. The third-order valence-electron chi connectivity index (χ3n) is 5.79. The fourth-order valence-electron chi connectivity index (χ4n) is 4.14.